The van der Waals surface area contributed by atoms with Gasteiger partial charge in [0.1, 0.15) is 18.6 Å². The third-order valence-electron chi connectivity index (χ3n) is 2.61. The van der Waals surface area contributed by atoms with E-state index in [9.17, 15) is 4.79 Å². The van der Waals surface area contributed by atoms with Gasteiger partial charge >= 0.3 is 0 Å². The van der Waals surface area contributed by atoms with Crippen LogP contribution in [0.25, 0.3) is 0 Å². The van der Waals surface area contributed by atoms with E-state index in [2.05, 4.69) is 0 Å². The minimum absolute atomic E-state index is 0.451. The maximum Gasteiger partial charge on any atom is 0.150 e. The number of aryl methyl sites for hydroxylation is 1. The molecule has 2 aromatic carbocycles. The number of hydrogen-bond acceptors (Lipinski definition) is 2. The first-order valence-corrected chi connectivity index (χ1v) is 6.00. The summed E-state index contributed by atoms with van der Waals surface area (Å²) in [7, 11) is 0. The molecular formula is C15H13ClO2. The van der Waals surface area contributed by atoms with Crippen LogP contribution in [0.1, 0.15) is 21.5 Å². The Morgan fingerprint density at radius 2 is 1.89 bits per heavy atom. The van der Waals surface area contributed by atoms with Crippen LogP contribution < -0.4 is 4.74 Å². The van der Waals surface area contributed by atoms with Crippen molar-refractivity contribution in [3.63, 3.8) is 0 Å². The summed E-state index contributed by atoms with van der Waals surface area (Å²) in [6.45, 7) is 2.50. The monoisotopic (exact) mass is 260 g/mol. The van der Waals surface area contributed by atoms with E-state index in [0.717, 1.165) is 11.8 Å². The van der Waals surface area contributed by atoms with Crippen LogP contribution in [0.15, 0.2) is 42.5 Å². The highest BCUT2D eigenvalue weighted by Crippen LogP contribution is 2.25. The summed E-state index contributed by atoms with van der Waals surface area (Å²) in [5.41, 5.74) is 2.84. The van der Waals surface area contributed by atoms with Gasteiger partial charge in [-0.25, -0.2) is 0 Å². The third kappa shape index (κ3) is 3.11. The fourth-order valence-electron chi connectivity index (χ4n) is 1.55. The average molecular weight is 261 g/mol. The van der Waals surface area contributed by atoms with E-state index >= 15 is 0 Å². The molecule has 0 N–H and O–H groups in total. The van der Waals surface area contributed by atoms with Crippen LogP contribution in [0.5, 0.6) is 5.75 Å². The molecule has 0 saturated heterocycles. The van der Waals surface area contributed by atoms with Crippen LogP contribution in [0.3, 0.4) is 0 Å². The molecule has 0 aliphatic rings. The molecule has 0 fully saturated rings. The zero-order chi connectivity index (χ0) is 13.0. The van der Waals surface area contributed by atoms with Gasteiger partial charge in [-0.3, -0.25) is 4.79 Å². The summed E-state index contributed by atoms with van der Waals surface area (Å²) < 4.78 is 5.61. The molecule has 0 aliphatic heterocycles. The van der Waals surface area contributed by atoms with Gasteiger partial charge in [-0.15, -0.1) is 0 Å². The van der Waals surface area contributed by atoms with Crippen molar-refractivity contribution in [3.8, 4) is 5.75 Å². The normalized spacial score (nSPS) is 10.1. The van der Waals surface area contributed by atoms with E-state index in [0.29, 0.717) is 22.9 Å². The average Bonchev–Trinajstić information content (AvgIpc) is 2.39. The molecule has 0 aliphatic carbocycles. The largest absolute Gasteiger partial charge is 0.487 e. The highest BCUT2D eigenvalue weighted by molar-refractivity contribution is 6.32. The number of halogens is 1. The lowest BCUT2D eigenvalue weighted by molar-refractivity contribution is 0.112. The lowest BCUT2D eigenvalue weighted by atomic mass is 10.2. The molecule has 3 heteroatoms. The van der Waals surface area contributed by atoms with Crippen molar-refractivity contribution in [1.82, 2.24) is 0 Å². The number of ether oxygens (including phenoxy) is 1. The summed E-state index contributed by atoms with van der Waals surface area (Å²) >= 11 is 6.02. The Morgan fingerprint density at radius 1 is 1.17 bits per heavy atom. The van der Waals surface area contributed by atoms with Crippen molar-refractivity contribution >= 4 is 17.9 Å². The molecule has 0 spiro atoms. The van der Waals surface area contributed by atoms with E-state index in [-0.39, 0.29) is 0 Å². The van der Waals surface area contributed by atoms with Crippen molar-refractivity contribution in [2.24, 2.45) is 0 Å². The van der Waals surface area contributed by atoms with E-state index in [1.165, 1.54) is 5.56 Å². The zero-order valence-electron chi connectivity index (χ0n) is 10.0. The second kappa shape index (κ2) is 5.69. The Bertz CT molecular complexity index is 547. The second-order valence-electron chi connectivity index (χ2n) is 4.08. The summed E-state index contributed by atoms with van der Waals surface area (Å²) in [6.07, 6.45) is 0.760. The summed E-state index contributed by atoms with van der Waals surface area (Å²) in [5, 5.41) is 0.451. The Morgan fingerprint density at radius 3 is 2.50 bits per heavy atom. The zero-order valence-corrected chi connectivity index (χ0v) is 10.8. The Labute approximate surface area is 111 Å². The van der Waals surface area contributed by atoms with Crippen molar-refractivity contribution < 1.29 is 9.53 Å². The molecule has 2 aromatic rings. The highest BCUT2D eigenvalue weighted by atomic mass is 35.5. The van der Waals surface area contributed by atoms with Crippen LogP contribution in [0.4, 0.5) is 0 Å². The van der Waals surface area contributed by atoms with Gasteiger partial charge in [-0.2, -0.15) is 0 Å². The van der Waals surface area contributed by atoms with Crippen LogP contribution in [0, 0.1) is 6.92 Å². The van der Waals surface area contributed by atoms with Gasteiger partial charge in [0, 0.05) is 5.56 Å². The molecule has 0 unspecified atom stereocenters. The number of carbonyl (C=O) groups is 1. The minimum Gasteiger partial charge on any atom is -0.487 e. The predicted molar refractivity (Wildman–Crippen MR) is 72.4 cm³/mol. The Balaban J connectivity index is 2.06. The molecule has 2 rings (SSSR count). The molecule has 0 bridgehead atoms. The van der Waals surface area contributed by atoms with E-state index in [4.69, 9.17) is 16.3 Å². The van der Waals surface area contributed by atoms with Gasteiger partial charge in [0.25, 0.3) is 0 Å². The van der Waals surface area contributed by atoms with Crippen LogP contribution in [-0.4, -0.2) is 6.29 Å². The molecule has 92 valence electrons. The van der Waals surface area contributed by atoms with Gasteiger partial charge in [-0.1, -0.05) is 41.4 Å². The molecule has 18 heavy (non-hydrogen) atoms. The van der Waals surface area contributed by atoms with Crippen molar-refractivity contribution in [1.29, 1.82) is 0 Å². The first-order chi connectivity index (χ1) is 8.69. The number of carbonyl (C=O) groups excluding carboxylic acids is 1. The predicted octanol–water partition coefficient (Wildman–Crippen LogP) is 4.04. The van der Waals surface area contributed by atoms with Gasteiger partial charge in [0.05, 0.1) is 5.02 Å². The van der Waals surface area contributed by atoms with Crippen molar-refractivity contribution in [3.05, 3.63) is 64.2 Å². The summed E-state index contributed by atoms with van der Waals surface area (Å²) in [5.74, 6) is 0.586. The third-order valence-corrected chi connectivity index (χ3v) is 2.90. The molecule has 0 aromatic heterocycles. The summed E-state index contributed by atoms with van der Waals surface area (Å²) in [6, 6.07) is 13.1. The SMILES string of the molecule is Cc1ccc(COc2ccc(C=O)cc2Cl)cc1. The van der Waals surface area contributed by atoms with Crippen LogP contribution in [-0.2, 0) is 6.61 Å². The van der Waals surface area contributed by atoms with Gasteiger partial charge < -0.3 is 4.74 Å². The number of aldehydes is 1. The lowest BCUT2D eigenvalue weighted by Gasteiger charge is -2.08. The fourth-order valence-corrected chi connectivity index (χ4v) is 1.80. The van der Waals surface area contributed by atoms with Crippen molar-refractivity contribution in [2.45, 2.75) is 13.5 Å². The molecule has 0 amide bonds. The smallest absolute Gasteiger partial charge is 0.150 e. The standard InChI is InChI=1S/C15H13ClO2/c1-11-2-4-12(5-3-11)10-18-15-7-6-13(9-17)8-14(15)16/h2-9H,10H2,1H3. The first kappa shape index (κ1) is 12.7. The summed E-state index contributed by atoms with van der Waals surface area (Å²) in [4.78, 5) is 10.6. The molecule has 2 nitrogen and oxygen atoms in total. The molecular weight excluding hydrogens is 248 g/mol. The molecule has 0 radical (unpaired) electrons. The van der Waals surface area contributed by atoms with Gasteiger partial charge in [-0.05, 0) is 30.7 Å². The number of rotatable bonds is 4. The highest BCUT2D eigenvalue weighted by Gasteiger charge is 2.03. The number of hydrogen-bond donors (Lipinski definition) is 0. The van der Waals surface area contributed by atoms with Gasteiger partial charge in [0.15, 0.2) is 0 Å². The van der Waals surface area contributed by atoms with E-state index in [1.807, 2.05) is 31.2 Å². The van der Waals surface area contributed by atoms with Crippen molar-refractivity contribution in [2.75, 3.05) is 0 Å². The van der Waals surface area contributed by atoms with Gasteiger partial charge in [0.2, 0.25) is 0 Å². The first-order valence-electron chi connectivity index (χ1n) is 5.62. The maximum atomic E-state index is 10.6. The maximum absolute atomic E-state index is 10.6. The van der Waals surface area contributed by atoms with Crippen LogP contribution in [0.2, 0.25) is 5.02 Å². The molecule has 0 heterocycles. The second-order valence-corrected chi connectivity index (χ2v) is 4.49. The fraction of sp³-hybridized carbons (Fsp3) is 0.133. The van der Waals surface area contributed by atoms with E-state index in [1.54, 1.807) is 18.2 Å². The molecule has 0 atom stereocenters. The topological polar surface area (TPSA) is 26.3 Å². The quantitative estimate of drug-likeness (QED) is 0.776. The molecule has 0 saturated carbocycles. The number of benzene rings is 2. The van der Waals surface area contributed by atoms with E-state index < -0.39 is 0 Å². The minimum atomic E-state index is 0.451. The Hall–Kier alpha value is -1.80. The van der Waals surface area contributed by atoms with Crippen LogP contribution >= 0.6 is 11.6 Å². The lowest BCUT2D eigenvalue weighted by Crippen LogP contribution is -1.96. The Kier molecular flexibility index (Phi) is 4.00.